The van der Waals surface area contributed by atoms with Crippen LogP contribution in [-0.2, 0) is 16.0 Å². The monoisotopic (exact) mass is 397 g/mol. The lowest BCUT2D eigenvalue weighted by molar-refractivity contribution is -0.384. The molecule has 0 bridgehead atoms. The van der Waals surface area contributed by atoms with Crippen LogP contribution in [-0.4, -0.2) is 42.5 Å². The zero-order valence-electron chi connectivity index (χ0n) is 15.5. The molecular formula is C20H19N3O6. The van der Waals surface area contributed by atoms with Gasteiger partial charge in [0.15, 0.2) is 11.5 Å². The maximum atomic E-state index is 12.4. The Hall–Kier alpha value is -3.62. The van der Waals surface area contributed by atoms with Crippen LogP contribution >= 0.6 is 0 Å². The Balaban J connectivity index is 1.36. The Kier molecular flexibility index (Phi) is 5.03. The minimum absolute atomic E-state index is 0.0226. The Morgan fingerprint density at radius 1 is 1.14 bits per heavy atom. The topological polar surface area (TPSA) is 111 Å². The molecule has 2 aliphatic heterocycles. The van der Waals surface area contributed by atoms with Gasteiger partial charge >= 0.3 is 0 Å². The number of nitro benzene ring substituents is 1. The predicted octanol–water partition coefficient (Wildman–Crippen LogP) is 1.83. The fourth-order valence-electron chi connectivity index (χ4n) is 3.45. The average molecular weight is 397 g/mol. The highest BCUT2D eigenvalue weighted by Crippen LogP contribution is 2.35. The highest BCUT2D eigenvalue weighted by molar-refractivity contribution is 5.97. The molecule has 1 N–H and O–H groups in total. The van der Waals surface area contributed by atoms with E-state index in [9.17, 15) is 19.7 Å². The molecular weight excluding hydrogens is 378 g/mol. The van der Waals surface area contributed by atoms with E-state index in [2.05, 4.69) is 5.32 Å². The van der Waals surface area contributed by atoms with E-state index >= 15 is 0 Å². The standard InChI is InChI=1S/C20H19N3O6/c24-19(9-13-1-3-15(4-2-13)23(26)27)21-14-10-20(25)22(12-14)16-5-6-17-18(11-16)29-8-7-28-17/h1-6,11,14H,7-10,12H2,(H,21,24)/t14-/m0/s1. The number of ether oxygens (including phenoxy) is 2. The third-order valence-electron chi connectivity index (χ3n) is 4.84. The lowest BCUT2D eigenvalue weighted by Gasteiger charge is -2.22. The van der Waals surface area contributed by atoms with Crippen molar-refractivity contribution in [2.24, 2.45) is 0 Å². The summed E-state index contributed by atoms with van der Waals surface area (Å²) in [6.07, 6.45) is 0.299. The van der Waals surface area contributed by atoms with Crippen LogP contribution in [0.5, 0.6) is 11.5 Å². The van der Waals surface area contributed by atoms with Crippen molar-refractivity contribution in [2.75, 3.05) is 24.7 Å². The van der Waals surface area contributed by atoms with E-state index in [1.807, 2.05) is 0 Å². The summed E-state index contributed by atoms with van der Waals surface area (Å²) in [6.45, 7) is 1.33. The Morgan fingerprint density at radius 2 is 1.86 bits per heavy atom. The summed E-state index contributed by atoms with van der Waals surface area (Å²) >= 11 is 0. The van der Waals surface area contributed by atoms with Crippen molar-refractivity contribution in [1.82, 2.24) is 5.32 Å². The normalized spacial score (nSPS) is 17.9. The number of nitro groups is 1. The SMILES string of the molecule is O=C(Cc1ccc([N+](=O)[O-])cc1)N[C@H]1CC(=O)N(c2ccc3c(c2)OCCO3)C1. The first-order valence-electron chi connectivity index (χ1n) is 9.22. The molecule has 0 radical (unpaired) electrons. The Morgan fingerprint density at radius 3 is 2.59 bits per heavy atom. The molecule has 9 nitrogen and oxygen atoms in total. The van der Waals surface area contributed by atoms with Crippen LogP contribution in [0.15, 0.2) is 42.5 Å². The van der Waals surface area contributed by atoms with Gasteiger partial charge in [0.1, 0.15) is 13.2 Å². The third-order valence-corrected chi connectivity index (χ3v) is 4.84. The molecule has 2 aromatic rings. The summed E-state index contributed by atoms with van der Waals surface area (Å²) < 4.78 is 11.1. The summed E-state index contributed by atoms with van der Waals surface area (Å²) in [5.41, 5.74) is 1.35. The van der Waals surface area contributed by atoms with Gasteiger partial charge in [0.2, 0.25) is 11.8 Å². The van der Waals surface area contributed by atoms with Gasteiger partial charge in [-0.1, -0.05) is 12.1 Å². The van der Waals surface area contributed by atoms with Gasteiger partial charge in [0.25, 0.3) is 5.69 Å². The fourth-order valence-corrected chi connectivity index (χ4v) is 3.45. The van der Waals surface area contributed by atoms with Crippen LogP contribution in [0.1, 0.15) is 12.0 Å². The largest absolute Gasteiger partial charge is 0.486 e. The van der Waals surface area contributed by atoms with Gasteiger partial charge in [0, 0.05) is 36.9 Å². The van der Waals surface area contributed by atoms with Crippen molar-refractivity contribution in [2.45, 2.75) is 18.9 Å². The number of non-ortho nitro benzene ring substituents is 1. The van der Waals surface area contributed by atoms with E-state index in [-0.39, 0.29) is 36.4 Å². The number of fused-ring (bicyclic) bond motifs is 1. The molecule has 150 valence electrons. The van der Waals surface area contributed by atoms with E-state index in [0.29, 0.717) is 42.5 Å². The van der Waals surface area contributed by atoms with Crippen molar-refractivity contribution >= 4 is 23.2 Å². The van der Waals surface area contributed by atoms with Crippen LogP contribution in [0.4, 0.5) is 11.4 Å². The molecule has 1 fully saturated rings. The zero-order chi connectivity index (χ0) is 20.4. The van der Waals surface area contributed by atoms with Gasteiger partial charge in [-0.2, -0.15) is 0 Å². The maximum absolute atomic E-state index is 12.4. The summed E-state index contributed by atoms with van der Waals surface area (Å²) in [4.78, 5) is 36.6. The highest BCUT2D eigenvalue weighted by Gasteiger charge is 2.32. The van der Waals surface area contributed by atoms with E-state index in [1.54, 1.807) is 35.2 Å². The average Bonchev–Trinajstić information content (AvgIpc) is 3.07. The molecule has 2 amide bonds. The van der Waals surface area contributed by atoms with Gasteiger partial charge in [-0.3, -0.25) is 19.7 Å². The molecule has 0 saturated carbocycles. The Bertz CT molecular complexity index is 959. The fraction of sp³-hybridized carbons (Fsp3) is 0.300. The van der Waals surface area contributed by atoms with Crippen LogP contribution < -0.4 is 19.7 Å². The van der Waals surface area contributed by atoms with Gasteiger partial charge in [-0.25, -0.2) is 0 Å². The van der Waals surface area contributed by atoms with Crippen molar-refractivity contribution in [1.29, 1.82) is 0 Å². The number of benzene rings is 2. The quantitative estimate of drug-likeness (QED) is 0.609. The molecule has 29 heavy (non-hydrogen) atoms. The van der Waals surface area contributed by atoms with Crippen LogP contribution in [0.25, 0.3) is 0 Å². The maximum Gasteiger partial charge on any atom is 0.269 e. The van der Waals surface area contributed by atoms with Crippen LogP contribution in [0.2, 0.25) is 0 Å². The number of anilines is 1. The van der Waals surface area contributed by atoms with Crippen molar-refractivity contribution in [3.63, 3.8) is 0 Å². The second-order valence-corrected chi connectivity index (χ2v) is 6.90. The number of hydrogen-bond acceptors (Lipinski definition) is 6. The number of carbonyl (C=O) groups excluding carboxylic acids is 2. The van der Waals surface area contributed by atoms with E-state index in [0.717, 1.165) is 0 Å². The smallest absolute Gasteiger partial charge is 0.269 e. The summed E-state index contributed by atoms with van der Waals surface area (Å²) in [7, 11) is 0. The number of nitrogens with one attached hydrogen (secondary N) is 1. The minimum Gasteiger partial charge on any atom is -0.486 e. The Labute approximate surface area is 166 Å². The molecule has 9 heteroatoms. The van der Waals surface area contributed by atoms with Crippen LogP contribution in [0.3, 0.4) is 0 Å². The molecule has 0 spiro atoms. The summed E-state index contributed by atoms with van der Waals surface area (Å²) in [5.74, 6) is 0.940. The summed E-state index contributed by atoms with van der Waals surface area (Å²) in [5, 5.41) is 13.6. The molecule has 4 rings (SSSR count). The van der Waals surface area contributed by atoms with Crippen LogP contribution in [0, 0.1) is 10.1 Å². The number of nitrogens with zero attached hydrogens (tertiary/aromatic N) is 2. The highest BCUT2D eigenvalue weighted by atomic mass is 16.6. The van der Waals surface area contributed by atoms with Crippen molar-refractivity contribution in [3.05, 3.63) is 58.1 Å². The first-order valence-corrected chi connectivity index (χ1v) is 9.22. The van der Waals surface area contributed by atoms with Gasteiger partial charge < -0.3 is 19.7 Å². The zero-order valence-corrected chi connectivity index (χ0v) is 15.5. The van der Waals surface area contributed by atoms with E-state index in [1.165, 1.54) is 12.1 Å². The molecule has 2 heterocycles. The van der Waals surface area contributed by atoms with Crippen molar-refractivity contribution < 1.29 is 24.0 Å². The molecule has 0 aromatic heterocycles. The molecule has 1 atom stereocenters. The number of rotatable bonds is 5. The second-order valence-electron chi connectivity index (χ2n) is 6.90. The predicted molar refractivity (Wildman–Crippen MR) is 103 cm³/mol. The van der Waals surface area contributed by atoms with E-state index in [4.69, 9.17) is 9.47 Å². The van der Waals surface area contributed by atoms with Crippen molar-refractivity contribution in [3.8, 4) is 11.5 Å². The van der Waals surface area contributed by atoms with E-state index < -0.39 is 4.92 Å². The molecule has 2 aromatic carbocycles. The molecule has 2 aliphatic rings. The first-order chi connectivity index (χ1) is 14.0. The first kappa shape index (κ1) is 18.7. The molecule has 0 aliphatic carbocycles. The minimum atomic E-state index is -0.486. The lowest BCUT2D eigenvalue weighted by atomic mass is 10.1. The number of carbonyl (C=O) groups is 2. The summed E-state index contributed by atoms with van der Waals surface area (Å²) in [6, 6.07) is 10.9. The van der Waals surface area contributed by atoms with Gasteiger partial charge in [-0.05, 0) is 17.7 Å². The second kappa shape index (κ2) is 7.78. The van der Waals surface area contributed by atoms with Gasteiger partial charge in [-0.15, -0.1) is 0 Å². The third kappa shape index (κ3) is 4.13. The number of hydrogen-bond donors (Lipinski definition) is 1. The number of amides is 2. The molecule has 0 unspecified atom stereocenters. The lowest BCUT2D eigenvalue weighted by Crippen LogP contribution is -2.38. The molecule has 1 saturated heterocycles. The van der Waals surface area contributed by atoms with Gasteiger partial charge in [0.05, 0.1) is 17.4 Å².